The number of hydrogen-bond acceptors (Lipinski definition) is 4. The molecule has 1 aromatic carbocycles. The molecule has 0 unspecified atom stereocenters. The average Bonchev–Trinajstić information content (AvgIpc) is 3.28. The number of carbonyl (C=O) groups is 2. The highest BCUT2D eigenvalue weighted by Gasteiger charge is 2.32. The number of benzene rings is 1. The second-order valence-corrected chi connectivity index (χ2v) is 7.66. The molecule has 0 aliphatic heterocycles. The van der Waals surface area contributed by atoms with Gasteiger partial charge in [-0.2, -0.15) is 0 Å². The minimum atomic E-state index is -1.12. The summed E-state index contributed by atoms with van der Waals surface area (Å²) in [7, 11) is 1.42. The van der Waals surface area contributed by atoms with E-state index in [4.69, 9.17) is 21.1 Å². The molecule has 0 spiro atoms. The molecule has 1 saturated carbocycles. The van der Waals surface area contributed by atoms with E-state index in [9.17, 15) is 14.7 Å². The van der Waals surface area contributed by atoms with Gasteiger partial charge < -0.3 is 14.6 Å². The molecule has 1 aliphatic rings. The van der Waals surface area contributed by atoms with Gasteiger partial charge in [-0.15, -0.1) is 0 Å². The Labute approximate surface area is 152 Å². The van der Waals surface area contributed by atoms with Crippen LogP contribution < -0.4 is 4.74 Å². The number of carbonyl (C=O) groups excluding carboxylic acids is 1. The topological polar surface area (TPSA) is 76.1 Å². The van der Waals surface area contributed by atoms with Crippen LogP contribution in [0.25, 0.3) is 0 Å². The first-order chi connectivity index (χ1) is 11.6. The van der Waals surface area contributed by atoms with Crippen molar-refractivity contribution < 1.29 is 24.2 Å². The lowest BCUT2D eigenvalue weighted by atomic mass is 10.0. The number of carboxylic acids is 1. The van der Waals surface area contributed by atoms with Crippen molar-refractivity contribution in [3.8, 4) is 5.75 Å². The van der Waals surface area contributed by atoms with Crippen LogP contribution in [-0.4, -0.2) is 46.9 Å². The summed E-state index contributed by atoms with van der Waals surface area (Å²) in [6, 6.07) is 4.03. The van der Waals surface area contributed by atoms with Gasteiger partial charge in [0.05, 0.1) is 6.10 Å². The van der Waals surface area contributed by atoms with Crippen LogP contribution in [0.15, 0.2) is 18.2 Å². The summed E-state index contributed by atoms with van der Waals surface area (Å²) in [4.78, 5) is 25.0. The quantitative estimate of drug-likeness (QED) is 0.826. The molecule has 7 heteroatoms. The molecule has 1 fully saturated rings. The number of hydrogen-bond donors (Lipinski definition) is 1. The Morgan fingerprint density at radius 2 is 2.00 bits per heavy atom. The van der Waals surface area contributed by atoms with Crippen LogP contribution in [0.4, 0.5) is 4.79 Å². The highest BCUT2D eigenvalue weighted by molar-refractivity contribution is 6.30. The molecule has 1 aromatic rings. The molecule has 0 saturated heterocycles. The van der Waals surface area contributed by atoms with Gasteiger partial charge in [-0.25, -0.2) is 9.59 Å². The van der Waals surface area contributed by atoms with Gasteiger partial charge in [-0.1, -0.05) is 11.6 Å². The van der Waals surface area contributed by atoms with E-state index in [-0.39, 0.29) is 12.5 Å². The number of carboxylic acid groups (broad SMARTS) is 1. The van der Waals surface area contributed by atoms with E-state index < -0.39 is 23.7 Å². The van der Waals surface area contributed by atoms with Crippen molar-refractivity contribution in [1.29, 1.82) is 0 Å². The maximum absolute atomic E-state index is 12.2. The fraction of sp³-hybridized carbons (Fsp3) is 0.556. The predicted molar refractivity (Wildman–Crippen MR) is 94.2 cm³/mol. The maximum Gasteiger partial charge on any atom is 0.410 e. The van der Waals surface area contributed by atoms with Crippen molar-refractivity contribution >= 4 is 23.7 Å². The Bertz CT molecular complexity index is 651. The lowest BCUT2D eigenvalue weighted by Gasteiger charge is -2.29. The summed E-state index contributed by atoms with van der Waals surface area (Å²) in [6.07, 6.45) is 1.54. The van der Waals surface area contributed by atoms with Crippen LogP contribution in [-0.2, 0) is 16.0 Å². The fourth-order valence-electron chi connectivity index (χ4n) is 2.25. The van der Waals surface area contributed by atoms with E-state index >= 15 is 0 Å². The number of nitrogens with zero attached hydrogens (tertiary/aromatic N) is 1. The van der Waals surface area contributed by atoms with Gasteiger partial charge in [0.1, 0.15) is 17.4 Å². The molecule has 0 heterocycles. The summed E-state index contributed by atoms with van der Waals surface area (Å²) < 4.78 is 11.1. The van der Waals surface area contributed by atoms with Crippen molar-refractivity contribution in [3.63, 3.8) is 0 Å². The fourth-order valence-corrected chi connectivity index (χ4v) is 2.44. The third-order valence-corrected chi connectivity index (χ3v) is 3.92. The first kappa shape index (κ1) is 19.4. The predicted octanol–water partition coefficient (Wildman–Crippen LogP) is 3.74. The smallest absolute Gasteiger partial charge is 0.410 e. The molecule has 1 amide bonds. The molecule has 0 radical (unpaired) electrons. The summed E-state index contributed by atoms with van der Waals surface area (Å²) in [5.74, 6) is -0.513. The number of rotatable bonds is 6. The molecular weight excluding hydrogens is 346 g/mol. The summed E-state index contributed by atoms with van der Waals surface area (Å²) in [5.41, 5.74) is -0.0489. The highest BCUT2D eigenvalue weighted by atomic mass is 35.5. The third kappa shape index (κ3) is 5.81. The Balaban J connectivity index is 2.19. The van der Waals surface area contributed by atoms with Gasteiger partial charge >= 0.3 is 12.1 Å². The second kappa shape index (κ2) is 7.52. The van der Waals surface area contributed by atoms with Crippen molar-refractivity contribution in [2.75, 3.05) is 7.05 Å². The van der Waals surface area contributed by atoms with Gasteiger partial charge in [0, 0.05) is 18.5 Å². The van der Waals surface area contributed by atoms with E-state index in [1.165, 1.54) is 7.05 Å². The lowest BCUT2D eigenvalue weighted by Crippen LogP contribution is -2.46. The van der Waals surface area contributed by atoms with Crippen LogP contribution in [0.5, 0.6) is 5.75 Å². The van der Waals surface area contributed by atoms with Gasteiger partial charge in [0.25, 0.3) is 0 Å². The first-order valence-corrected chi connectivity index (χ1v) is 8.58. The van der Waals surface area contributed by atoms with E-state index in [0.29, 0.717) is 16.3 Å². The van der Waals surface area contributed by atoms with Gasteiger partial charge in [-0.3, -0.25) is 4.90 Å². The van der Waals surface area contributed by atoms with Gasteiger partial charge in [0.15, 0.2) is 0 Å². The monoisotopic (exact) mass is 369 g/mol. The molecule has 138 valence electrons. The van der Waals surface area contributed by atoms with Crippen LogP contribution in [0.3, 0.4) is 0 Å². The van der Waals surface area contributed by atoms with E-state index in [2.05, 4.69) is 0 Å². The molecular formula is C18H24ClNO5. The molecule has 2 rings (SSSR count). The summed E-state index contributed by atoms with van der Waals surface area (Å²) in [5, 5.41) is 10.1. The largest absolute Gasteiger partial charge is 0.490 e. The Morgan fingerprint density at radius 1 is 1.36 bits per heavy atom. The highest BCUT2D eigenvalue weighted by Crippen LogP contribution is 2.32. The molecule has 0 aromatic heterocycles. The average molecular weight is 370 g/mol. The van der Waals surface area contributed by atoms with E-state index in [1.807, 2.05) is 0 Å². The zero-order valence-electron chi connectivity index (χ0n) is 14.9. The van der Waals surface area contributed by atoms with Crippen molar-refractivity contribution in [2.24, 2.45) is 0 Å². The second-order valence-electron chi connectivity index (χ2n) is 7.22. The maximum atomic E-state index is 12.2. The van der Waals surface area contributed by atoms with Crippen molar-refractivity contribution in [3.05, 3.63) is 28.8 Å². The zero-order chi connectivity index (χ0) is 18.8. The number of ether oxygens (including phenoxy) is 2. The van der Waals surface area contributed by atoms with Crippen LogP contribution in [0.2, 0.25) is 5.02 Å². The first-order valence-electron chi connectivity index (χ1n) is 8.20. The van der Waals surface area contributed by atoms with Crippen LogP contribution in [0.1, 0.15) is 39.2 Å². The van der Waals surface area contributed by atoms with Crippen LogP contribution >= 0.6 is 11.6 Å². The zero-order valence-corrected chi connectivity index (χ0v) is 15.7. The van der Waals surface area contributed by atoms with E-state index in [0.717, 1.165) is 17.7 Å². The minimum absolute atomic E-state index is 0.0771. The van der Waals surface area contributed by atoms with Crippen molar-refractivity contribution in [1.82, 2.24) is 4.90 Å². The molecule has 1 atom stereocenters. The number of halogens is 1. The SMILES string of the molecule is CN(C(=O)OC(C)(C)C)[C@@H](Cc1cc(Cl)ccc1OC1CC1)C(=O)O. The van der Waals surface area contributed by atoms with Gasteiger partial charge in [-0.05, 0) is 57.4 Å². The normalized spacial score (nSPS) is 15.4. The van der Waals surface area contributed by atoms with E-state index in [1.54, 1.807) is 39.0 Å². The lowest BCUT2D eigenvalue weighted by molar-refractivity contribution is -0.142. The number of aliphatic carboxylic acids is 1. The molecule has 0 bridgehead atoms. The summed E-state index contributed by atoms with van der Waals surface area (Å²) >= 11 is 6.05. The third-order valence-electron chi connectivity index (χ3n) is 3.69. The minimum Gasteiger partial charge on any atom is -0.490 e. The summed E-state index contributed by atoms with van der Waals surface area (Å²) in [6.45, 7) is 5.19. The molecule has 1 aliphatic carbocycles. The van der Waals surface area contributed by atoms with Crippen molar-refractivity contribution in [2.45, 2.75) is 57.8 Å². The molecule has 6 nitrogen and oxygen atoms in total. The number of amides is 1. The van der Waals surface area contributed by atoms with Crippen LogP contribution in [0, 0.1) is 0 Å². The number of likely N-dealkylation sites (N-methyl/N-ethyl adjacent to an activating group) is 1. The molecule has 1 N–H and O–H groups in total. The Morgan fingerprint density at radius 3 is 2.52 bits per heavy atom. The van der Waals surface area contributed by atoms with Gasteiger partial charge in [0.2, 0.25) is 0 Å². The Kier molecular flexibility index (Phi) is 5.83. The standard InChI is InChI=1S/C18H24ClNO5/c1-18(2,3)25-17(23)20(4)14(16(21)22)10-11-9-12(19)5-8-15(11)24-13-6-7-13/h5,8-9,13-14H,6-7,10H2,1-4H3,(H,21,22)/t14-/m0/s1. The Hall–Kier alpha value is -1.95. The molecule has 25 heavy (non-hydrogen) atoms.